The van der Waals surface area contributed by atoms with E-state index in [1.807, 2.05) is 55.6 Å². The lowest BCUT2D eigenvalue weighted by atomic mass is 10.1. The average Bonchev–Trinajstić information content (AvgIpc) is 2.86. The van der Waals surface area contributed by atoms with Crippen LogP contribution in [0.2, 0.25) is 5.02 Å². The van der Waals surface area contributed by atoms with Gasteiger partial charge in [-0.15, -0.1) is 0 Å². The quantitative estimate of drug-likeness (QED) is 0.347. The second-order valence-corrected chi connectivity index (χ2v) is 9.27. The molecule has 0 saturated carbocycles. The molecule has 0 spiro atoms. The summed E-state index contributed by atoms with van der Waals surface area (Å²) in [5.41, 5.74) is 4.67. The number of likely N-dealkylation sites (N-methyl/N-ethyl adjacent to an activating group) is 2. The van der Waals surface area contributed by atoms with Crippen molar-refractivity contribution >= 4 is 51.4 Å². The van der Waals surface area contributed by atoms with E-state index in [4.69, 9.17) is 16.6 Å². The molecule has 0 unspecified atom stereocenters. The van der Waals surface area contributed by atoms with Gasteiger partial charge in [-0.2, -0.15) is 0 Å². The van der Waals surface area contributed by atoms with Gasteiger partial charge in [-0.1, -0.05) is 30.3 Å². The van der Waals surface area contributed by atoms with Gasteiger partial charge < -0.3 is 20.4 Å². The van der Waals surface area contributed by atoms with E-state index in [0.717, 1.165) is 41.1 Å². The number of anilines is 4. The van der Waals surface area contributed by atoms with Gasteiger partial charge in [-0.3, -0.25) is 9.78 Å². The van der Waals surface area contributed by atoms with Gasteiger partial charge in [0.25, 0.3) is 0 Å². The second kappa shape index (κ2) is 9.93. The Labute approximate surface area is 214 Å². The van der Waals surface area contributed by atoms with Crippen molar-refractivity contribution in [1.29, 1.82) is 0 Å². The minimum atomic E-state index is -0.272. The van der Waals surface area contributed by atoms with Crippen molar-refractivity contribution < 1.29 is 4.79 Å². The molecule has 3 heterocycles. The van der Waals surface area contributed by atoms with Crippen molar-refractivity contribution in [3.05, 3.63) is 78.6 Å². The Morgan fingerprint density at radius 1 is 1.19 bits per heavy atom. The number of amides is 1. The predicted molar refractivity (Wildman–Crippen MR) is 146 cm³/mol. The standard InChI is InChI=1S/C27H26ClN7O/c1-4-24(36)32-22-13-20(8-9-23(22)35(3)21-15-34(2)16-21)31-27-30-14-18-10-11-29-25(26(18)33-27)17-6-5-7-19(28)12-17/h4-14,21H,1,15-16H2,2-3H3,(H,32,36)(H,30,31,33). The van der Waals surface area contributed by atoms with E-state index in [2.05, 4.69) is 44.0 Å². The van der Waals surface area contributed by atoms with Crippen LogP contribution < -0.4 is 15.5 Å². The van der Waals surface area contributed by atoms with Crippen LogP contribution in [-0.4, -0.2) is 59.0 Å². The van der Waals surface area contributed by atoms with Gasteiger partial charge in [-0.05, 0) is 49.5 Å². The van der Waals surface area contributed by atoms with E-state index in [0.29, 0.717) is 28.2 Å². The van der Waals surface area contributed by atoms with Gasteiger partial charge in [0.2, 0.25) is 11.9 Å². The Kier molecular flexibility index (Phi) is 6.54. The maximum Gasteiger partial charge on any atom is 0.247 e. The fourth-order valence-corrected chi connectivity index (χ4v) is 4.50. The lowest BCUT2D eigenvalue weighted by molar-refractivity contribution is -0.111. The molecule has 4 aromatic rings. The fourth-order valence-electron chi connectivity index (χ4n) is 4.31. The number of rotatable bonds is 7. The number of nitrogens with zero attached hydrogens (tertiary/aromatic N) is 5. The predicted octanol–water partition coefficient (Wildman–Crippen LogP) is 4.96. The van der Waals surface area contributed by atoms with E-state index in [1.54, 1.807) is 12.4 Å². The molecule has 0 radical (unpaired) electrons. The van der Waals surface area contributed by atoms with Gasteiger partial charge in [0.05, 0.1) is 23.1 Å². The summed E-state index contributed by atoms with van der Waals surface area (Å²) in [4.78, 5) is 30.4. The molecule has 36 heavy (non-hydrogen) atoms. The largest absolute Gasteiger partial charge is 0.367 e. The van der Waals surface area contributed by atoms with Gasteiger partial charge >= 0.3 is 0 Å². The maximum absolute atomic E-state index is 12.2. The lowest BCUT2D eigenvalue weighted by Gasteiger charge is -2.43. The fraction of sp³-hybridized carbons (Fsp3) is 0.185. The number of likely N-dealkylation sites (tertiary alicyclic amines) is 1. The number of pyridine rings is 1. The molecular weight excluding hydrogens is 474 g/mol. The number of hydrogen-bond donors (Lipinski definition) is 2. The second-order valence-electron chi connectivity index (χ2n) is 8.84. The van der Waals surface area contributed by atoms with Crippen LogP contribution in [0.15, 0.2) is 73.6 Å². The molecule has 1 amide bonds. The molecule has 9 heteroatoms. The Balaban J connectivity index is 1.48. The minimum absolute atomic E-state index is 0.272. The summed E-state index contributed by atoms with van der Waals surface area (Å²) in [6, 6.07) is 15.6. The van der Waals surface area contributed by atoms with E-state index >= 15 is 0 Å². The van der Waals surface area contributed by atoms with Crippen LogP contribution in [0.5, 0.6) is 0 Å². The number of carbonyl (C=O) groups is 1. The number of aromatic nitrogens is 3. The van der Waals surface area contributed by atoms with Gasteiger partial charge in [0, 0.05) is 54.2 Å². The van der Waals surface area contributed by atoms with E-state index in [-0.39, 0.29) is 5.91 Å². The first-order valence-corrected chi connectivity index (χ1v) is 11.9. The number of nitrogens with one attached hydrogen (secondary N) is 2. The molecule has 0 aliphatic carbocycles. The zero-order chi connectivity index (χ0) is 25.2. The molecule has 8 nitrogen and oxygen atoms in total. The number of fused-ring (bicyclic) bond motifs is 1. The molecule has 1 aliphatic heterocycles. The van der Waals surface area contributed by atoms with Crippen molar-refractivity contribution in [1.82, 2.24) is 19.9 Å². The van der Waals surface area contributed by atoms with Crippen LogP contribution in [-0.2, 0) is 4.79 Å². The molecular formula is C27H26ClN7O. The molecule has 2 aromatic heterocycles. The lowest BCUT2D eigenvalue weighted by Crippen LogP contribution is -2.56. The van der Waals surface area contributed by atoms with Crippen LogP contribution in [0.1, 0.15) is 0 Å². The molecule has 5 rings (SSSR count). The highest BCUT2D eigenvalue weighted by Gasteiger charge is 2.28. The number of hydrogen-bond acceptors (Lipinski definition) is 7. The van der Waals surface area contributed by atoms with Crippen molar-refractivity contribution in [2.24, 2.45) is 0 Å². The molecule has 2 aromatic carbocycles. The molecule has 0 bridgehead atoms. The average molecular weight is 500 g/mol. The summed E-state index contributed by atoms with van der Waals surface area (Å²) < 4.78 is 0. The molecule has 1 saturated heterocycles. The summed E-state index contributed by atoms with van der Waals surface area (Å²) >= 11 is 6.21. The van der Waals surface area contributed by atoms with Crippen molar-refractivity contribution in [3.63, 3.8) is 0 Å². The summed E-state index contributed by atoms with van der Waals surface area (Å²) in [6.45, 7) is 5.52. The Hall–Kier alpha value is -4.01. The molecule has 1 aliphatic rings. The molecule has 0 atom stereocenters. The first-order valence-electron chi connectivity index (χ1n) is 11.5. The van der Waals surface area contributed by atoms with Crippen LogP contribution in [0.25, 0.3) is 22.2 Å². The normalized spacial score (nSPS) is 13.8. The third kappa shape index (κ3) is 4.86. The van der Waals surface area contributed by atoms with Crippen LogP contribution >= 0.6 is 11.6 Å². The van der Waals surface area contributed by atoms with E-state index < -0.39 is 0 Å². The van der Waals surface area contributed by atoms with Gasteiger partial charge in [0.15, 0.2) is 0 Å². The first-order chi connectivity index (χ1) is 17.4. The van der Waals surface area contributed by atoms with E-state index in [1.165, 1.54) is 6.08 Å². The topological polar surface area (TPSA) is 86.3 Å². The Morgan fingerprint density at radius 3 is 2.78 bits per heavy atom. The van der Waals surface area contributed by atoms with Crippen LogP contribution in [0.3, 0.4) is 0 Å². The van der Waals surface area contributed by atoms with Crippen molar-refractivity contribution in [2.75, 3.05) is 42.7 Å². The third-order valence-electron chi connectivity index (χ3n) is 6.27. The maximum atomic E-state index is 12.2. The summed E-state index contributed by atoms with van der Waals surface area (Å²) in [5, 5.41) is 7.70. The highest BCUT2D eigenvalue weighted by molar-refractivity contribution is 6.30. The van der Waals surface area contributed by atoms with Crippen molar-refractivity contribution in [2.45, 2.75) is 6.04 Å². The highest BCUT2D eigenvalue weighted by Crippen LogP contribution is 2.33. The van der Waals surface area contributed by atoms with Crippen molar-refractivity contribution in [3.8, 4) is 11.3 Å². The number of halogens is 1. The zero-order valence-electron chi connectivity index (χ0n) is 20.1. The summed E-state index contributed by atoms with van der Waals surface area (Å²) in [5.74, 6) is 0.146. The molecule has 2 N–H and O–H groups in total. The highest BCUT2D eigenvalue weighted by atomic mass is 35.5. The molecule has 1 fully saturated rings. The minimum Gasteiger partial charge on any atom is -0.367 e. The summed E-state index contributed by atoms with van der Waals surface area (Å²) in [7, 11) is 4.13. The SMILES string of the molecule is C=CC(=O)Nc1cc(Nc2ncc3ccnc(-c4cccc(Cl)c4)c3n2)ccc1N(C)C1CN(C)C1. The third-order valence-corrected chi connectivity index (χ3v) is 6.50. The summed E-state index contributed by atoms with van der Waals surface area (Å²) in [6.07, 6.45) is 4.76. The first kappa shape index (κ1) is 23.7. The van der Waals surface area contributed by atoms with Gasteiger partial charge in [-0.25, -0.2) is 9.97 Å². The Morgan fingerprint density at radius 2 is 2.03 bits per heavy atom. The number of carbonyl (C=O) groups excluding carboxylic acids is 1. The Bertz CT molecular complexity index is 1450. The van der Waals surface area contributed by atoms with Crippen LogP contribution in [0, 0.1) is 0 Å². The van der Waals surface area contributed by atoms with E-state index in [9.17, 15) is 4.79 Å². The van der Waals surface area contributed by atoms with Gasteiger partial charge in [0.1, 0.15) is 5.52 Å². The van der Waals surface area contributed by atoms with Crippen LogP contribution in [0.4, 0.5) is 23.0 Å². The smallest absolute Gasteiger partial charge is 0.247 e. The number of benzene rings is 2. The zero-order valence-corrected chi connectivity index (χ0v) is 20.8. The molecule has 182 valence electrons. The monoisotopic (exact) mass is 499 g/mol.